The zero-order valence-electron chi connectivity index (χ0n) is 15.7. The summed E-state index contributed by atoms with van der Waals surface area (Å²) >= 11 is 0. The smallest absolute Gasteiger partial charge is 0.407 e. The molecule has 0 radical (unpaired) electrons. The molecule has 7 nitrogen and oxygen atoms in total. The van der Waals surface area contributed by atoms with Crippen LogP contribution in [0.3, 0.4) is 0 Å². The molecular weight excluding hydrogens is 368 g/mol. The van der Waals surface area contributed by atoms with Crippen LogP contribution < -0.4 is 22.1 Å². The Balaban J connectivity index is 1.49. The second-order valence-electron chi connectivity index (χ2n) is 6.37. The Hall–Kier alpha value is -4.00. The van der Waals surface area contributed by atoms with Gasteiger partial charge in [-0.2, -0.15) is 0 Å². The molecule has 0 bridgehead atoms. The van der Waals surface area contributed by atoms with Crippen molar-refractivity contribution >= 4 is 29.1 Å². The topological polar surface area (TPSA) is 119 Å². The van der Waals surface area contributed by atoms with Gasteiger partial charge in [-0.05, 0) is 35.9 Å². The molecule has 3 aromatic rings. The van der Waals surface area contributed by atoms with Gasteiger partial charge in [0.25, 0.3) is 5.91 Å². The number of anilines is 3. The first kappa shape index (κ1) is 19.8. The van der Waals surface area contributed by atoms with Crippen molar-refractivity contribution in [2.75, 3.05) is 16.8 Å². The van der Waals surface area contributed by atoms with Gasteiger partial charge >= 0.3 is 6.09 Å². The van der Waals surface area contributed by atoms with Crippen LogP contribution in [0.4, 0.5) is 21.9 Å². The molecule has 3 aromatic carbocycles. The lowest BCUT2D eigenvalue weighted by molar-refractivity contribution is 0.102. The van der Waals surface area contributed by atoms with Gasteiger partial charge in [0.05, 0.1) is 11.4 Å². The highest BCUT2D eigenvalue weighted by Gasteiger charge is 2.09. The van der Waals surface area contributed by atoms with E-state index in [0.29, 0.717) is 22.6 Å². The number of hydrogen-bond acceptors (Lipinski definition) is 5. The van der Waals surface area contributed by atoms with Crippen LogP contribution >= 0.6 is 0 Å². The average molecular weight is 390 g/mol. The Bertz CT molecular complexity index is 1000. The molecule has 148 valence electrons. The fourth-order valence-corrected chi connectivity index (χ4v) is 2.61. The Morgan fingerprint density at radius 1 is 0.828 bits per heavy atom. The number of amides is 2. The van der Waals surface area contributed by atoms with E-state index in [1.165, 1.54) is 0 Å². The van der Waals surface area contributed by atoms with Gasteiger partial charge < -0.3 is 26.8 Å². The van der Waals surface area contributed by atoms with Gasteiger partial charge in [0.1, 0.15) is 6.61 Å². The van der Waals surface area contributed by atoms with E-state index in [0.717, 1.165) is 11.1 Å². The molecule has 0 spiro atoms. The SMILES string of the molecule is Nc1ccccc1COC(=O)NCc1ccc(C(=O)Nc2ccccc2N)cc1. The molecule has 0 aliphatic rings. The molecule has 0 fully saturated rings. The quantitative estimate of drug-likeness (QED) is 0.480. The molecule has 0 aromatic heterocycles. The van der Waals surface area contributed by atoms with Crippen LogP contribution in [0.2, 0.25) is 0 Å². The van der Waals surface area contributed by atoms with E-state index in [1.807, 2.05) is 12.1 Å². The third-order valence-corrected chi connectivity index (χ3v) is 4.28. The number of benzene rings is 3. The number of carbonyl (C=O) groups excluding carboxylic acids is 2. The molecular formula is C22H22N4O3. The number of rotatable bonds is 6. The van der Waals surface area contributed by atoms with Crippen molar-refractivity contribution < 1.29 is 14.3 Å². The Labute approximate surface area is 168 Å². The summed E-state index contributed by atoms with van der Waals surface area (Å²) < 4.78 is 5.16. The van der Waals surface area contributed by atoms with Crippen LogP contribution in [0.1, 0.15) is 21.5 Å². The summed E-state index contributed by atoms with van der Waals surface area (Å²) in [5, 5.41) is 5.43. The van der Waals surface area contributed by atoms with Gasteiger partial charge in [0, 0.05) is 23.4 Å². The number of nitrogens with one attached hydrogen (secondary N) is 2. The zero-order chi connectivity index (χ0) is 20.6. The minimum absolute atomic E-state index is 0.0975. The van der Waals surface area contributed by atoms with Crippen molar-refractivity contribution in [3.63, 3.8) is 0 Å². The molecule has 3 rings (SSSR count). The third-order valence-electron chi connectivity index (χ3n) is 4.28. The van der Waals surface area contributed by atoms with Gasteiger partial charge in [-0.3, -0.25) is 4.79 Å². The fourth-order valence-electron chi connectivity index (χ4n) is 2.61. The second-order valence-corrected chi connectivity index (χ2v) is 6.37. The van der Waals surface area contributed by atoms with Crippen molar-refractivity contribution in [2.24, 2.45) is 0 Å². The zero-order valence-corrected chi connectivity index (χ0v) is 15.7. The highest BCUT2D eigenvalue weighted by Crippen LogP contribution is 2.18. The lowest BCUT2D eigenvalue weighted by Gasteiger charge is -2.10. The van der Waals surface area contributed by atoms with Crippen molar-refractivity contribution in [3.8, 4) is 0 Å². The maximum atomic E-state index is 12.3. The number of nitrogen functional groups attached to an aromatic ring is 2. The van der Waals surface area contributed by atoms with E-state index in [9.17, 15) is 9.59 Å². The van der Waals surface area contributed by atoms with E-state index in [4.69, 9.17) is 16.2 Å². The normalized spacial score (nSPS) is 10.2. The van der Waals surface area contributed by atoms with Crippen molar-refractivity contribution in [1.29, 1.82) is 0 Å². The Morgan fingerprint density at radius 3 is 2.17 bits per heavy atom. The van der Waals surface area contributed by atoms with E-state index in [1.54, 1.807) is 60.7 Å². The summed E-state index contributed by atoms with van der Waals surface area (Å²) in [6.07, 6.45) is -0.547. The lowest BCUT2D eigenvalue weighted by Crippen LogP contribution is -2.23. The van der Waals surface area contributed by atoms with Crippen LogP contribution in [-0.4, -0.2) is 12.0 Å². The molecule has 0 heterocycles. The molecule has 0 aliphatic heterocycles. The number of ether oxygens (including phenoxy) is 1. The maximum Gasteiger partial charge on any atom is 0.407 e. The average Bonchev–Trinajstić information content (AvgIpc) is 2.73. The maximum absolute atomic E-state index is 12.3. The summed E-state index contributed by atoms with van der Waals surface area (Å²) in [5.41, 5.74) is 15.3. The van der Waals surface area contributed by atoms with Gasteiger partial charge in [0.2, 0.25) is 0 Å². The summed E-state index contributed by atoms with van der Waals surface area (Å²) in [5.74, 6) is -0.262. The van der Waals surface area contributed by atoms with Gasteiger partial charge in [-0.15, -0.1) is 0 Å². The van der Waals surface area contributed by atoms with Crippen LogP contribution in [0.5, 0.6) is 0 Å². The first-order chi connectivity index (χ1) is 14.0. The third kappa shape index (κ3) is 5.49. The van der Waals surface area contributed by atoms with E-state index in [-0.39, 0.29) is 19.1 Å². The molecule has 6 N–H and O–H groups in total. The molecule has 29 heavy (non-hydrogen) atoms. The number of alkyl carbamates (subject to hydrolysis) is 1. The Kier molecular flexibility index (Phi) is 6.32. The summed E-state index contributed by atoms with van der Waals surface area (Å²) in [4.78, 5) is 24.2. The largest absolute Gasteiger partial charge is 0.445 e. The molecule has 2 amide bonds. The minimum atomic E-state index is -0.547. The van der Waals surface area contributed by atoms with E-state index >= 15 is 0 Å². The van der Waals surface area contributed by atoms with E-state index in [2.05, 4.69) is 10.6 Å². The summed E-state index contributed by atoms with van der Waals surface area (Å²) in [6, 6.07) is 21.1. The molecule has 0 aliphatic carbocycles. The van der Waals surface area contributed by atoms with Crippen LogP contribution in [0.15, 0.2) is 72.8 Å². The lowest BCUT2D eigenvalue weighted by atomic mass is 10.1. The van der Waals surface area contributed by atoms with Crippen LogP contribution in [-0.2, 0) is 17.9 Å². The molecule has 0 unspecified atom stereocenters. The monoisotopic (exact) mass is 390 g/mol. The summed E-state index contributed by atoms with van der Waals surface area (Å²) in [6.45, 7) is 0.372. The number of carbonyl (C=O) groups is 2. The predicted molar refractivity (Wildman–Crippen MR) is 113 cm³/mol. The molecule has 7 heteroatoms. The Morgan fingerprint density at radius 2 is 1.48 bits per heavy atom. The molecule has 0 atom stereocenters. The fraction of sp³-hybridized carbons (Fsp3) is 0.0909. The van der Waals surface area contributed by atoms with Gasteiger partial charge in [-0.25, -0.2) is 4.79 Å². The molecule has 0 saturated carbocycles. The first-order valence-corrected chi connectivity index (χ1v) is 9.02. The van der Waals surface area contributed by atoms with Crippen LogP contribution in [0.25, 0.3) is 0 Å². The number of para-hydroxylation sites is 3. The first-order valence-electron chi connectivity index (χ1n) is 9.02. The highest BCUT2D eigenvalue weighted by molar-refractivity contribution is 6.05. The number of nitrogens with two attached hydrogens (primary N) is 2. The van der Waals surface area contributed by atoms with Crippen molar-refractivity contribution in [2.45, 2.75) is 13.2 Å². The predicted octanol–water partition coefficient (Wildman–Crippen LogP) is 3.53. The van der Waals surface area contributed by atoms with Gasteiger partial charge in [0.15, 0.2) is 0 Å². The second kappa shape index (κ2) is 9.27. The standard InChI is InChI=1S/C22H22N4O3/c23-18-6-2-1-5-17(18)14-29-22(28)25-13-15-9-11-16(12-10-15)21(27)26-20-8-4-3-7-19(20)24/h1-12H,13-14,23-24H2,(H,25,28)(H,26,27). The van der Waals surface area contributed by atoms with E-state index < -0.39 is 6.09 Å². The van der Waals surface area contributed by atoms with Crippen molar-refractivity contribution in [3.05, 3.63) is 89.5 Å². The van der Waals surface area contributed by atoms with Gasteiger partial charge in [-0.1, -0.05) is 42.5 Å². The minimum Gasteiger partial charge on any atom is -0.445 e. The summed E-state index contributed by atoms with van der Waals surface area (Å²) in [7, 11) is 0. The number of hydrogen-bond donors (Lipinski definition) is 4. The van der Waals surface area contributed by atoms with Crippen molar-refractivity contribution in [1.82, 2.24) is 5.32 Å². The molecule has 0 saturated heterocycles. The van der Waals surface area contributed by atoms with Crippen LogP contribution in [0, 0.1) is 0 Å². The highest BCUT2D eigenvalue weighted by atomic mass is 16.5.